The lowest BCUT2D eigenvalue weighted by atomic mass is 10.3. The minimum atomic E-state index is -0.241. The highest BCUT2D eigenvalue weighted by Crippen LogP contribution is 2.20. The van der Waals surface area contributed by atoms with Crippen molar-refractivity contribution in [1.82, 2.24) is 14.8 Å². The number of hydrogen-bond acceptors (Lipinski definition) is 7. The number of rotatable bonds is 9. The normalized spacial score (nSPS) is 15.0. The molecule has 2 rings (SSSR count). The van der Waals surface area contributed by atoms with Crippen molar-refractivity contribution in [2.24, 2.45) is 0 Å². The van der Waals surface area contributed by atoms with E-state index in [1.54, 1.807) is 4.90 Å². The summed E-state index contributed by atoms with van der Waals surface area (Å²) < 4.78 is 10.3. The van der Waals surface area contributed by atoms with Crippen LogP contribution >= 0.6 is 11.3 Å². The van der Waals surface area contributed by atoms with E-state index in [1.807, 2.05) is 13.8 Å². The molecule has 0 saturated carbocycles. The number of amides is 2. The summed E-state index contributed by atoms with van der Waals surface area (Å²) in [5, 5.41) is 3.34. The highest BCUT2D eigenvalue weighted by molar-refractivity contribution is 7.15. The molecule has 0 bridgehead atoms. The van der Waals surface area contributed by atoms with E-state index in [1.165, 1.54) is 18.4 Å². The van der Waals surface area contributed by atoms with Crippen LogP contribution in [0.4, 0.5) is 5.13 Å². The van der Waals surface area contributed by atoms with Gasteiger partial charge in [0.2, 0.25) is 11.8 Å². The van der Waals surface area contributed by atoms with Gasteiger partial charge in [-0.15, -0.1) is 11.3 Å². The fourth-order valence-corrected chi connectivity index (χ4v) is 3.51. The summed E-state index contributed by atoms with van der Waals surface area (Å²) in [6.07, 6.45) is 0.804. The van der Waals surface area contributed by atoms with Gasteiger partial charge in [-0.05, 0) is 20.3 Å². The molecule has 8 nitrogen and oxygen atoms in total. The molecule has 9 heteroatoms. The van der Waals surface area contributed by atoms with Crippen LogP contribution in [0, 0.1) is 13.8 Å². The van der Waals surface area contributed by atoms with Gasteiger partial charge in [-0.25, -0.2) is 4.98 Å². The van der Waals surface area contributed by atoms with Gasteiger partial charge in [0.1, 0.15) is 6.61 Å². The maximum Gasteiger partial charge on any atom is 0.249 e. The predicted octanol–water partition coefficient (Wildman–Crippen LogP) is 0.896. The van der Waals surface area contributed by atoms with E-state index in [2.05, 4.69) is 15.2 Å². The van der Waals surface area contributed by atoms with Gasteiger partial charge >= 0.3 is 0 Å². The van der Waals surface area contributed by atoms with Crippen molar-refractivity contribution in [3.63, 3.8) is 0 Å². The molecule has 146 valence electrons. The van der Waals surface area contributed by atoms with Crippen molar-refractivity contribution in [2.75, 3.05) is 65.0 Å². The Labute approximate surface area is 158 Å². The molecule has 1 N–H and O–H groups in total. The third-order valence-corrected chi connectivity index (χ3v) is 5.22. The summed E-state index contributed by atoms with van der Waals surface area (Å²) in [5.41, 5.74) is 0.906. The molecular weight excluding hydrogens is 356 g/mol. The molecule has 0 aliphatic carbocycles. The lowest BCUT2D eigenvalue weighted by Crippen LogP contribution is -2.42. The van der Waals surface area contributed by atoms with Crippen LogP contribution < -0.4 is 5.32 Å². The first-order valence-corrected chi connectivity index (χ1v) is 9.62. The molecule has 1 fully saturated rings. The number of anilines is 1. The number of thiazole rings is 1. The van der Waals surface area contributed by atoms with Crippen molar-refractivity contribution < 1.29 is 19.1 Å². The molecule has 0 atom stereocenters. The van der Waals surface area contributed by atoms with Crippen LogP contribution in [0.1, 0.15) is 17.0 Å². The van der Waals surface area contributed by atoms with Gasteiger partial charge in [0, 0.05) is 38.2 Å². The lowest BCUT2D eigenvalue weighted by Gasteiger charge is -2.28. The summed E-state index contributed by atoms with van der Waals surface area (Å²) in [7, 11) is 1.48. The highest BCUT2D eigenvalue weighted by atomic mass is 32.1. The molecule has 0 spiro atoms. The summed E-state index contributed by atoms with van der Waals surface area (Å²) in [5.74, 6) is -0.425. The van der Waals surface area contributed by atoms with Gasteiger partial charge in [0.15, 0.2) is 5.13 Å². The Morgan fingerprint density at radius 1 is 1.35 bits per heavy atom. The second kappa shape index (κ2) is 10.6. The zero-order chi connectivity index (χ0) is 18.9. The third kappa shape index (κ3) is 6.64. The molecule has 2 heterocycles. The summed E-state index contributed by atoms with van der Waals surface area (Å²) in [6, 6.07) is 0. The standard InChI is InChI=1S/C17H28N4O4S/c1-13-14(2)26-17(18-13)19-15(22)11-21(16(23)12-24-3)6-4-5-20-7-9-25-10-8-20/h4-12H2,1-3H3,(H,18,19,22). The largest absolute Gasteiger partial charge is 0.379 e. The Balaban J connectivity index is 1.84. The molecule has 0 radical (unpaired) electrons. The molecule has 2 amide bonds. The number of hydrogen-bond donors (Lipinski definition) is 1. The third-order valence-electron chi connectivity index (χ3n) is 4.24. The van der Waals surface area contributed by atoms with Gasteiger partial charge in [-0.3, -0.25) is 14.5 Å². The quantitative estimate of drug-likeness (QED) is 0.681. The first kappa shape index (κ1) is 20.8. The fourth-order valence-electron chi connectivity index (χ4n) is 2.67. The Morgan fingerprint density at radius 2 is 2.08 bits per heavy atom. The number of carbonyl (C=O) groups is 2. The zero-order valence-corrected chi connectivity index (χ0v) is 16.6. The number of ether oxygens (including phenoxy) is 2. The van der Waals surface area contributed by atoms with Crippen molar-refractivity contribution in [1.29, 1.82) is 0 Å². The number of nitrogens with zero attached hydrogens (tertiary/aromatic N) is 3. The lowest BCUT2D eigenvalue weighted by molar-refractivity contribution is -0.138. The average Bonchev–Trinajstić information content (AvgIpc) is 2.92. The molecule has 1 aromatic rings. The number of aryl methyl sites for hydroxylation is 2. The number of nitrogens with one attached hydrogen (secondary N) is 1. The summed E-state index contributed by atoms with van der Waals surface area (Å²) >= 11 is 1.44. The van der Waals surface area contributed by atoms with Crippen LogP contribution in [0.2, 0.25) is 0 Å². The van der Waals surface area contributed by atoms with Gasteiger partial charge in [0.05, 0.1) is 25.5 Å². The Kier molecular flexibility index (Phi) is 8.43. The molecule has 0 unspecified atom stereocenters. The summed E-state index contributed by atoms with van der Waals surface area (Å²) in [6.45, 7) is 8.57. The monoisotopic (exact) mass is 384 g/mol. The molecule has 1 saturated heterocycles. The minimum Gasteiger partial charge on any atom is -0.379 e. The average molecular weight is 385 g/mol. The van der Waals surface area contributed by atoms with Crippen LogP contribution in [0.25, 0.3) is 0 Å². The van der Waals surface area contributed by atoms with Crippen molar-refractivity contribution in [3.05, 3.63) is 10.6 Å². The van der Waals surface area contributed by atoms with Crippen LogP contribution in [0.15, 0.2) is 0 Å². The first-order valence-electron chi connectivity index (χ1n) is 8.80. The van der Waals surface area contributed by atoms with E-state index >= 15 is 0 Å². The van der Waals surface area contributed by atoms with Crippen LogP contribution in [-0.2, 0) is 19.1 Å². The smallest absolute Gasteiger partial charge is 0.249 e. The molecule has 1 aromatic heterocycles. The minimum absolute atomic E-state index is 0.00296. The Morgan fingerprint density at radius 3 is 2.69 bits per heavy atom. The molecular formula is C17H28N4O4S. The summed E-state index contributed by atoms with van der Waals surface area (Å²) in [4.78, 5) is 33.8. The van der Waals surface area contributed by atoms with Gasteiger partial charge in [0.25, 0.3) is 0 Å². The van der Waals surface area contributed by atoms with Crippen molar-refractivity contribution in [2.45, 2.75) is 20.3 Å². The fraction of sp³-hybridized carbons (Fsp3) is 0.706. The van der Waals surface area contributed by atoms with Crippen molar-refractivity contribution in [3.8, 4) is 0 Å². The first-order chi connectivity index (χ1) is 12.5. The van der Waals surface area contributed by atoms with Gasteiger partial charge < -0.3 is 19.7 Å². The SMILES string of the molecule is COCC(=O)N(CCCN1CCOCC1)CC(=O)Nc1nc(C)c(C)s1. The second-order valence-corrected chi connectivity index (χ2v) is 7.47. The van der Waals surface area contributed by atoms with E-state index in [4.69, 9.17) is 9.47 Å². The number of carbonyl (C=O) groups excluding carboxylic acids is 2. The molecule has 26 heavy (non-hydrogen) atoms. The topological polar surface area (TPSA) is 84.0 Å². The Hall–Kier alpha value is -1.55. The highest BCUT2D eigenvalue weighted by Gasteiger charge is 2.19. The van der Waals surface area contributed by atoms with Gasteiger partial charge in [-0.2, -0.15) is 0 Å². The van der Waals surface area contributed by atoms with Crippen LogP contribution in [-0.4, -0.2) is 86.3 Å². The second-order valence-electron chi connectivity index (χ2n) is 6.26. The number of aromatic nitrogens is 1. The van der Waals surface area contributed by atoms with Crippen LogP contribution in [0.3, 0.4) is 0 Å². The van der Waals surface area contributed by atoms with Gasteiger partial charge in [-0.1, -0.05) is 0 Å². The van der Waals surface area contributed by atoms with Crippen molar-refractivity contribution >= 4 is 28.3 Å². The van der Waals surface area contributed by atoms with E-state index in [0.29, 0.717) is 11.7 Å². The Bertz CT molecular complexity index is 582. The van der Waals surface area contributed by atoms with E-state index in [9.17, 15) is 9.59 Å². The molecule has 0 aromatic carbocycles. The number of morpholine rings is 1. The predicted molar refractivity (Wildman–Crippen MR) is 101 cm³/mol. The van der Waals surface area contributed by atoms with E-state index in [0.717, 1.165) is 49.8 Å². The maximum atomic E-state index is 12.3. The molecule has 1 aliphatic heterocycles. The van der Waals surface area contributed by atoms with E-state index in [-0.39, 0.29) is 25.0 Å². The molecule has 1 aliphatic rings. The zero-order valence-electron chi connectivity index (χ0n) is 15.7. The number of methoxy groups -OCH3 is 1. The maximum absolute atomic E-state index is 12.3. The van der Waals surface area contributed by atoms with Crippen LogP contribution in [0.5, 0.6) is 0 Å². The van der Waals surface area contributed by atoms with E-state index < -0.39 is 0 Å².